The molecule has 0 atom stereocenters. The van der Waals surface area contributed by atoms with Crippen molar-refractivity contribution >= 4 is 0 Å². The molecule has 0 heterocycles. The van der Waals surface area contributed by atoms with Crippen molar-refractivity contribution in [1.29, 1.82) is 5.26 Å². The van der Waals surface area contributed by atoms with Gasteiger partial charge < -0.3 is 9.84 Å². The minimum Gasteiger partial charge on any atom is -0.395 e. The molecule has 1 aromatic carbocycles. The fourth-order valence-electron chi connectivity index (χ4n) is 1.97. The van der Waals surface area contributed by atoms with Gasteiger partial charge in [0.15, 0.2) is 0 Å². The third-order valence-electron chi connectivity index (χ3n) is 3.11. The number of hydrogen-bond donors (Lipinski definition) is 1. The fraction of sp³-hybridized carbons (Fsp3) is 0.462. The molecule has 0 saturated heterocycles. The SMILES string of the molecule is N#CC1(CO)CC(OCc2ccccc2)C1. The van der Waals surface area contributed by atoms with E-state index >= 15 is 0 Å². The Labute approximate surface area is 95.3 Å². The minimum atomic E-state index is -0.540. The van der Waals surface area contributed by atoms with Crippen LogP contribution in [0.1, 0.15) is 18.4 Å². The Hall–Kier alpha value is -1.37. The molecule has 0 radical (unpaired) electrons. The Kier molecular flexibility index (Phi) is 3.23. The first-order valence-corrected chi connectivity index (χ1v) is 5.46. The lowest BCUT2D eigenvalue weighted by molar-refractivity contribution is -0.0823. The molecule has 1 aromatic rings. The zero-order chi connectivity index (χ0) is 11.4. The predicted molar refractivity (Wildman–Crippen MR) is 59.4 cm³/mol. The van der Waals surface area contributed by atoms with Gasteiger partial charge >= 0.3 is 0 Å². The summed E-state index contributed by atoms with van der Waals surface area (Å²) < 4.78 is 5.66. The molecule has 2 rings (SSSR count). The number of ether oxygens (including phenoxy) is 1. The highest BCUT2D eigenvalue weighted by Crippen LogP contribution is 2.42. The summed E-state index contributed by atoms with van der Waals surface area (Å²) in [6, 6.07) is 12.1. The van der Waals surface area contributed by atoms with E-state index in [1.807, 2.05) is 30.3 Å². The van der Waals surface area contributed by atoms with E-state index < -0.39 is 5.41 Å². The highest BCUT2D eigenvalue weighted by atomic mass is 16.5. The van der Waals surface area contributed by atoms with E-state index in [0.717, 1.165) is 5.56 Å². The van der Waals surface area contributed by atoms with Gasteiger partial charge in [0.2, 0.25) is 0 Å². The molecule has 1 saturated carbocycles. The van der Waals surface area contributed by atoms with Crippen LogP contribution in [0, 0.1) is 16.7 Å². The molecule has 1 aliphatic carbocycles. The largest absolute Gasteiger partial charge is 0.395 e. The normalized spacial score (nSPS) is 28.1. The van der Waals surface area contributed by atoms with E-state index in [0.29, 0.717) is 19.4 Å². The van der Waals surface area contributed by atoms with Gasteiger partial charge in [0.1, 0.15) is 0 Å². The molecular formula is C13H15NO2. The maximum absolute atomic E-state index is 9.06. The number of aliphatic hydroxyl groups is 1. The molecule has 16 heavy (non-hydrogen) atoms. The first-order valence-electron chi connectivity index (χ1n) is 5.46. The lowest BCUT2D eigenvalue weighted by Crippen LogP contribution is -2.43. The summed E-state index contributed by atoms with van der Waals surface area (Å²) in [4.78, 5) is 0. The number of aliphatic hydroxyl groups excluding tert-OH is 1. The first kappa shape index (κ1) is 11.1. The van der Waals surface area contributed by atoms with Crippen LogP contribution in [0.3, 0.4) is 0 Å². The maximum Gasteiger partial charge on any atom is 0.0853 e. The van der Waals surface area contributed by atoms with Crippen LogP contribution in [-0.4, -0.2) is 17.8 Å². The van der Waals surface area contributed by atoms with Gasteiger partial charge in [-0.1, -0.05) is 30.3 Å². The van der Waals surface area contributed by atoms with Gasteiger partial charge in [-0.15, -0.1) is 0 Å². The van der Waals surface area contributed by atoms with Crippen molar-refractivity contribution in [2.75, 3.05) is 6.61 Å². The van der Waals surface area contributed by atoms with Crippen molar-refractivity contribution in [2.24, 2.45) is 5.41 Å². The fourth-order valence-corrected chi connectivity index (χ4v) is 1.97. The average Bonchev–Trinajstić information content (AvgIpc) is 2.30. The van der Waals surface area contributed by atoms with Crippen LogP contribution in [0.15, 0.2) is 30.3 Å². The zero-order valence-corrected chi connectivity index (χ0v) is 9.10. The second-order valence-corrected chi connectivity index (χ2v) is 4.38. The van der Waals surface area contributed by atoms with Crippen LogP contribution in [0.2, 0.25) is 0 Å². The maximum atomic E-state index is 9.06. The van der Waals surface area contributed by atoms with E-state index in [2.05, 4.69) is 6.07 Å². The van der Waals surface area contributed by atoms with Crippen molar-refractivity contribution < 1.29 is 9.84 Å². The molecule has 3 heteroatoms. The molecule has 0 unspecified atom stereocenters. The van der Waals surface area contributed by atoms with Gasteiger partial charge in [-0.2, -0.15) is 5.26 Å². The van der Waals surface area contributed by atoms with Gasteiger partial charge in [0.05, 0.1) is 30.8 Å². The summed E-state index contributed by atoms with van der Waals surface area (Å²) in [7, 11) is 0. The molecule has 0 spiro atoms. The zero-order valence-electron chi connectivity index (χ0n) is 9.10. The molecule has 0 bridgehead atoms. The predicted octanol–water partition coefficient (Wildman–Crippen LogP) is 1.87. The Morgan fingerprint density at radius 3 is 2.62 bits per heavy atom. The third-order valence-corrected chi connectivity index (χ3v) is 3.11. The molecule has 0 amide bonds. The van der Waals surface area contributed by atoms with Gasteiger partial charge in [-0.05, 0) is 18.4 Å². The molecule has 3 nitrogen and oxygen atoms in total. The van der Waals surface area contributed by atoms with Crippen molar-refractivity contribution in [1.82, 2.24) is 0 Å². The quantitative estimate of drug-likeness (QED) is 0.837. The summed E-state index contributed by atoms with van der Waals surface area (Å²) in [6.07, 6.45) is 1.41. The van der Waals surface area contributed by atoms with Crippen molar-refractivity contribution in [3.05, 3.63) is 35.9 Å². The highest BCUT2D eigenvalue weighted by Gasteiger charge is 2.44. The van der Waals surface area contributed by atoms with Crippen molar-refractivity contribution in [3.63, 3.8) is 0 Å². The van der Waals surface area contributed by atoms with E-state index in [4.69, 9.17) is 15.1 Å². The van der Waals surface area contributed by atoms with Crippen molar-refractivity contribution in [3.8, 4) is 6.07 Å². The lowest BCUT2D eigenvalue weighted by atomic mass is 9.68. The number of rotatable bonds is 4. The number of benzene rings is 1. The second kappa shape index (κ2) is 4.65. The smallest absolute Gasteiger partial charge is 0.0853 e. The minimum absolute atomic E-state index is 0.0608. The molecule has 1 fully saturated rings. The number of nitrogens with zero attached hydrogens (tertiary/aromatic N) is 1. The van der Waals surface area contributed by atoms with Crippen LogP contribution in [0.4, 0.5) is 0 Å². The van der Waals surface area contributed by atoms with Crippen LogP contribution in [0.25, 0.3) is 0 Å². The second-order valence-electron chi connectivity index (χ2n) is 4.38. The first-order chi connectivity index (χ1) is 7.78. The summed E-state index contributed by atoms with van der Waals surface area (Å²) in [5.41, 5.74) is 0.599. The Morgan fingerprint density at radius 2 is 2.06 bits per heavy atom. The van der Waals surface area contributed by atoms with E-state index in [-0.39, 0.29) is 12.7 Å². The van der Waals surface area contributed by atoms with Crippen LogP contribution in [0.5, 0.6) is 0 Å². The Balaban J connectivity index is 1.77. The molecule has 1 N–H and O–H groups in total. The van der Waals surface area contributed by atoms with Gasteiger partial charge in [-0.25, -0.2) is 0 Å². The lowest BCUT2D eigenvalue weighted by Gasteiger charge is -2.40. The third kappa shape index (κ3) is 2.24. The standard InChI is InChI=1S/C13H15NO2/c14-9-13(10-15)6-12(7-13)16-8-11-4-2-1-3-5-11/h1-5,12,15H,6-8,10H2. The summed E-state index contributed by atoms with van der Waals surface area (Å²) >= 11 is 0. The molecule has 0 aromatic heterocycles. The Morgan fingerprint density at radius 1 is 1.38 bits per heavy atom. The Bertz CT molecular complexity index is 377. The highest BCUT2D eigenvalue weighted by molar-refractivity contribution is 5.14. The molecule has 84 valence electrons. The van der Waals surface area contributed by atoms with Crippen LogP contribution >= 0.6 is 0 Å². The van der Waals surface area contributed by atoms with Gasteiger partial charge in [-0.3, -0.25) is 0 Å². The van der Waals surface area contributed by atoms with E-state index in [1.54, 1.807) is 0 Å². The topological polar surface area (TPSA) is 53.2 Å². The van der Waals surface area contributed by atoms with Gasteiger partial charge in [0, 0.05) is 0 Å². The molecule has 0 aliphatic heterocycles. The molecular weight excluding hydrogens is 202 g/mol. The van der Waals surface area contributed by atoms with E-state index in [9.17, 15) is 0 Å². The summed E-state index contributed by atoms with van der Waals surface area (Å²) in [5, 5.41) is 17.9. The van der Waals surface area contributed by atoms with Crippen molar-refractivity contribution in [2.45, 2.75) is 25.6 Å². The summed E-state index contributed by atoms with van der Waals surface area (Å²) in [5.74, 6) is 0. The van der Waals surface area contributed by atoms with Gasteiger partial charge in [0.25, 0.3) is 0 Å². The summed E-state index contributed by atoms with van der Waals surface area (Å²) in [6.45, 7) is 0.521. The number of nitriles is 1. The monoisotopic (exact) mass is 217 g/mol. The van der Waals surface area contributed by atoms with Crippen LogP contribution in [-0.2, 0) is 11.3 Å². The number of hydrogen-bond acceptors (Lipinski definition) is 3. The average molecular weight is 217 g/mol. The van der Waals surface area contributed by atoms with E-state index in [1.165, 1.54) is 0 Å². The molecule has 1 aliphatic rings. The van der Waals surface area contributed by atoms with Crippen LogP contribution < -0.4 is 0 Å².